The van der Waals surface area contributed by atoms with Crippen molar-refractivity contribution in [3.05, 3.63) is 0 Å². The molecule has 0 aromatic carbocycles. The summed E-state index contributed by atoms with van der Waals surface area (Å²) < 4.78 is 65.9. The molecule has 2 unspecified atom stereocenters. The van der Waals surface area contributed by atoms with Crippen LogP contribution in [0.2, 0.25) is 0 Å². The van der Waals surface area contributed by atoms with Gasteiger partial charge >= 0.3 is 0 Å². The van der Waals surface area contributed by atoms with Gasteiger partial charge in [0.25, 0.3) is 5.92 Å². The Kier molecular flexibility index (Phi) is 3.91. The van der Waals surface area contributed by atoms with Crippen molar-refractivity contribution in [3.8, 4) is 0 Å². The summed E-state index contributed by atoms with van der Waals surface area (Å²) in [5, 5.41) is -2.06. The molecule has 0 spiro atoms. The first kappa shape index (κ1) is 12.9. The lowest BCUT2D eigenvalue weighted by Gasteiger charge is -2.18. The zero-order valence-corrected chi connectivity index (χ0v) is 8.45. The summed E-state index contributed by atoms with van der Waals surface area (Å²) in [5.74, 6) is -3.47. The van der Waals surface area contributed by atoms with Crippen LogP contribution in [0, 0.1) is 0 Å². The van der Waals surface area contributed by atoms with Crippen LogP contribution in [0.5, 0.6) is 0 Å². The fourth-order valence-corrected chi connectivity index (χ4v) is 2.36. The van der Waals surface area contributed by atoms with Crippen molar-refractivity contribution < 1.29 is 26.0 Å². The van der Waals surface area contributed by atoms with E-state index in [4.69, 9.17) is 4.55 Å². The summed E-state index contributed by atoms with van der Waals surface area (Å²) in [7, 11) is -4.47. The van der Waals surface area contributed by atoms with E-state index in [9.17, 15) is 21.4 Å². The first-order valence-corrected chi connectivity index (χ1v) is 5.72. The second-order valence-corrected chi connectivity index (χ2v) is 5.44. The minimum absolute atomic E-state index is 0.414. The number of sulfonamides is 1. The van der Waals surface area contributed by atoms with Crippen LogP contribution in [-0.2, 0) is 21.3 Å². The van der Waals surface area contributed by atoms with Gasteiger partial charge in [-0.3, -0.25) is 4.55 Å². The summed E-state index contributed by atoms with van der Waals surface area (Å²) in [5.41, 5.74) is 0. The van der Waals surface area contributed by atoms with Gasteiger partial charge in [0.15, 0.2) is 0 Å². The van der Waals surface area contributed by atoms with Gasteiger partial charge in [0.05, 0.1) is 0 Å². The quantitative estimate of drug-likeness (QED) is 0.678. The number of hydrogen-bond donors (Lipinski definition) is 2. The molecule has 0 bridgehead atoms. The molecule has 13 heavy (non-hydrogen) atoms. The molecule has 0 heterocycles. The third-order valence-corrected chi connectivity index (χ3v) is 4.21. The molecule has 0 aliphatic carbocycles. The number of nitrogens with one attached hydrogen (secondary N) is 1. The highest BCUT2D eigenvalue weighted by atomic mass is 32.3. The third-order valence-electron chi connectivity index (χ3n) is 1.37. The van der Waals surface area contributed by atoms with Crippen LogP contribution < -0.4 is 4.13 Å². The van der Waals surface area contributed by atoms with Gasteiger partial charge in [0.2, 0.25) is 21.3 Å². The molecule has 0 aromatic rings. The molecule has 0 amide bonds. The summed E-state index contributed by atoms with van der Waals surface area (Å²) >= 11 is -2.86. The van der Waals surface area contributed by atoms with Crippen LogP contribution in [0.15, 0.2) is 0 Å². The average molecular weight is 237 g/mol. The second-order valence-electron chi connectivity index (χ2n) is 2.48. The highest BCUT2D eigenvalue weighted by Crippen LogP contribution is 2.22. The van der Waals surface area contributed by atoms with Gasteiger partial charge in [-0.1, -0.05) is 0 Å². The maximum Gasteiger partial charge on any atom is 0.263 e. The first-order valence-electron chi connectivity index (χ1n) is 3.07. The van der Waals surface area contributed by atoms with Crippen molar-refractivity contribution in [1.82, 2.24) is 4.13 Å². The minimum Gasteiger partial charge on any atom is -0.293 e. The van der Waals surface area contributed by atoms with E-state index < -0.39 is 32.5 Å². The fourth-order valence-electron chi connectivity index (χ4n) is 0.444. The topological polar surface area (TPSA) is 83.5 Å². The molecule has 0 radical (unpaired) electrons. The molecule has 0 saturated heterocycles. The molecule has 80 valence electrons. The van der Waals surface area contributed by atoms with E-state index in [0.717, 1.165) is 11.1 Å². The van der Waals surface area contributed by atoms with Crippen LogP contribution in [0.25, 0.3) is 0 Å². The lowest BCUT2D eigenvalue weighted by molar-refractivity contribution is 0.0216. The number of halogens is 2. The largest absolute Gasteiger partial charge is 0.293 e. The number of hydrogen-bond acceptors (Lipinski definition) is 3. The Morgan fingerprint density at radius 3 is 2.15 bits per heavy atom. The van der Waals surface area contributed by atoms with E-state index in [2.05, 4.69) is 0 Å². The van der Waals surface area contributed by atoms with Crippen molar-refractivity contribution >= 4 is 21.3 Å². The predicted octanol–water partition coefficient (Wildman–Crippen LogP) is 0.0862. The Morgan fingerprint density at radius 2 is 1.92 bits per heavy atom. The third kappa shape index (κ3) is 4.07. The van der Waals surface area contributed by atoms with Crippen LogP contribution in [0.4, 0.5) is 8.78 Å². The molecule has 2 N–H and O–H groups in total. The zero-order chi connectivity index (χ0) is 10.9. The lowest BCUT2D eigenvalue weighted by atomic mass is 10.3. The molecule has 0 fully saturated rings. The fraction of sp³-hybridized carbons (Fsp3) is 1.00. The molecule has 0 aromatic heterocycles. The highest BCUT2D eigenvalue weighted by Gasteiger charge is 2.40. The maximum atomic E-state index is 12.5. The van der Waals surface area contributed by atoms with Gasteiger partial charge in [-0.05, 0) is 6.92 Å². The highest BCUT2D eigenvalue weighted by molar-refractivity contribution is 8.00. The normalized spacial score (nSPS) is 18.2. The SMILES string of the molecule is CC(C(C)(F)F)S(=O)(=O)NS(=O)O. The van der Waals surface area contributed by atoms with Crippen LogP contribution in [-0.4, -0.2) is 28.4 Å². The minimum atomic E-state index is -4.47. The van der Waals surface area contributed by atoms with E-state index in [1.165, 1.54) is 0 Å². The van der Waals surface area contributed by atoms with E-state index in [1.54, 1.807) is 0 Å². The average Bonchev–Trinajstić information content (AvgIpc) is 1.80. The molecule has 9 heteroatoms. The number of alkyl halides is 2. The second kappa shape index (κ2) is 3.95. The van der Waals surface area contributed by atoms with Gasteiger partial charge in [-0.25, -0.2) is 21.4 Å². The Hall–Kier alpha value is -0.120. The standard InChI is InChI=1S/C4H9F2NO4S2/c1-3(4(2,5)6)13(10,11)7-12(8)9/h3,7H,1-2H3,(H,8,9). The van der Waals surface area contributed by atoms with Gasteiger partial charge in [0, 0.05) is 6.92 Å². The van der Waals surface area contributed by atoms with Gasteiger partial charge < -0.3 is 0 Å². The Bertz CT molecular complexity index is 296. The molecule has 0 aliphatic heterocycles. The summed E-state index contributed by atoms with van der Waals surface area (Å²) in [6, 6.07) is 0. The van der Waals surface area contributed by atoms with E-state index in [1.807, 2.05) is 0 Å². The Morgan fingerprint density at radius 1 is 1.54 bits per heavy atom. The monoisotopic (exact) mass is 237 g/mol. The van der Waals surface area contributed by atoms with E-state index in [-0.39, 0.29) is 0 Å². The van der Waals surface area contributed by atoms with Crippen LogP contribution in [0.3, 0.4) is 0 Å². The number of rotatable bonds is 4. The van der Waals surface area contributed by atoms with Crippen LogP contribution >= 0.6 is 0 Å². The van der Waals surface area contributed by atoms with Gasteiger partial charge in [-0.2, -0.15) is 0 Å². The summed E-state index contributed by atoms with van der Waals surface area (Å²) in [4.78, 5) is 0. The molecule has 0 aliphatic rings. The maximum absolute atomic E-state index is 12.5. The molecule has 0 rings (SSSR count). The van der Waals surface area contributed by atoms with Crippen molar-refractivity contribution in [2.45, 2.75) is 25.0 Å². The van der Waals surface area contributed by atoms with Crippen molar-refractivity contribution in [2.75, 3.05) is 0 Å². The summed E-state index contributed by atoms with van der Waals surface area (Å²) in [6.07, 6.45) is 0. The Labute approximate surface area is 77.0 Å². The van der Waals surface area contributed by atoms with Gasteiger partial charge in [-0.15, -0.1) is 4.13 Å². The summed E-state index contributed by atoms with van der Waals surface area (Å²) in [6.45, 7) is 1.16. The Balaban J connectivity index is 4.77. The van der Waals surface area contributed by atoms with E-state index in [0.29, 0.717) is 6.92 Å². The van der Waals surface area contributed by atoms with Crippen LogP contribution in [0.1, 0.15) is 13.8 Å². The van der Waals surface area contributed by atoms with Crippen molar-refractivity contribution in [1.29, 1.82) is 0 Å². The lowest BCUT2D eigenvalue weighted by Crippen LogP contribution is -2.42. The first-order chi connectivity index (χ1) is 5.57. The molecule has 2 atom stereocenters. The molecule has 5 nitrogen and oxygen atoms in total. The zero-order valence-electron chi connectivity index (χ0n) is 6.82. The van der Waals surface area contributed by atoms with Gasteiger partial charge in [0.1, 0.15) is 5.25 Å². The molecular formula is C4H9F2NO4S2. The molecule has 0 saturated carbocycles. The smallest absolute Gasteiger partial charge is 0.263 e. The van der Waals surface area contributed by atoms with Crippen molar-refractivity contribution in [2.24, 2.45) is 0 Å². The van der Waals surface area contributed by atoms with E-state index >= 15 is 0 Å². The molecular weight excluding hydrogens is 228 g/mol. The van der Waals surface area contributed by atoms with Crippen molar-refractivity contribution in [3.63, 3.8) is 0 Å². The predicted molar refractivity (Wildman–Crippen MR) is 42.9 cm³/mol.